The summed E-state index contributed by atoms with van der Waals surface area (Å²) in [6, 6.07) is 0. The molecule has 5 nitrogen and oxygen atoms in total. The predicted molar refractivity (Wildman–Crippen MR) is 93.6 cm³/mol. The molecule has 0 unspecified atom stereocenters. The highest BCUT2D eigenvalue weighted by molar-refractivity contribution is 8.77. The molecule has 1 aromatic heterocycles. The summed E-state index contributed by atoms with van der Waals surface area (Å²) >= 11 is 1.24. The molecule has 1 atom stereocenters. The molecule has 1 aliphatic rings. The van der Waals surface area contributed by atoms with Gasteiger partial charge in [0.15, 0.2) is 10.8 Å². The largest absolute Gasteiger partial charge is 0.461 e. The lowest BCUT2D eigenvalue weighted by molar-refractivity contribution is -0.116. The average molecular weight is 361 g/mol. The van der Waals surface area contributed by atoms with Gasteiger partial charge in [-0.2, -0.15) is 0 Å². The van der Waals surface area contributed by atoms with Gasteiger partial charge in [-0.3, -0.25) is 4.79 Å². The molecular weight excluding hydrogens is 340 g/mol. The van der Waals surface area contributed by atoms with Gasteiger partial charge in [-0.05, 0) is 26.2 Å². The number of hydrogen-bond donors (Lipinski definition) is 1. The molecule has 0 spiro atoms. The number of carbonyl (C=O) groups is 2. The summed E-state index contributed by atoms with van der Waals surface area (Å²) in [7, 11) is 3.93. The molecule has 122 valence electrons. The molecule has 0 aliphatic carbocycles. The number of rotatable bonds is 8. The quantitative estimate of drug-likeness (QED) is 0.430. The molecule has 1 aliphatic heterocycles. The van der Waals surface area contributed by atoms with E-state index >= 15 is 0 Å². The van der Waals surface area contributed by atoms with Crippen LogP contribution >= 0.6 is 32.9 Å². The van der Waals surface area contributed by atoms with Crippen LogP contribution in [0.3, 0.4) is 0 Å². The van der Waals surface area contributed by atoms with Crippen molar-refractivity contribution in [3.05, 3.63) is 11.1 Å². The molecule has 1 amide bonds. The maximum atomic E-state index is 11.8. The van der Waals surface area contributed by atoms with E-state index in [0.29, 0.717) is 18.2 Å². The highest BCUT2D eigenvalue weighted by Gasteiger charge is 2.16. The Kier molecular flexibility index (Phi) is 7.54. The van der Waals surface area contributed by atoms with Crippen LogP contribution in [0, 0.1) is 0 Å². The van der Waals surface area contributed by atoms with Crippen molar-refractivity contribution < 1.29 is 14.3 Å². The minimum Gasteiger partial charge on any atom is -0.461 e. The number of carbonyl (C=O) groups excluding carboxylic acids is 2. The minimum absolute atomic E-state index is 0.0433. The van der Waals surface area contributed by atoms with Crippen LogP contribution in [0.5, 0.6) is 0 Å². The van der Waals surface area contributed by atoms with Crippen molar-refractivity contribution in [1.82, 2.24) is 4.98 Å². The van der Waals surface area contributed by atoms with E-state index in [-0.39, 0.29) is 11.6 Å². The lowest BCUT2D eigenvalue weighted by Crippen LogP contribution is -2.12. The van der Waals surface area contributed by atoms with Crippen LogP contribution in [0.2, 0.25) is 0 Å². The third-order valence-corrected chi connectivity index (χ3v) is 6.91. The summed E-state index contributed by atoms with van der Waals surface area (Å²) in [5.74, 6) is 0.757. The van der Waals surface area contributed by atoms with Gasteiger partial charge in [-0.1, -0.05) is 28.0 Å². The van der Waals surface area contributed by atoms with Crippen LogP contribution in [0.4, 0.5) is 5.13 Å². The molecule has 0 saturated carbocycles. The second-order valence-corrected chi connectivity index (χ2v) is 8.53. The molecule has 1 saturated heterocycles. The van der Waals surface area contributed by atoms with Gasteiger partial charge >= 0.3 is 5.97 Å². The monoisotopic (exact) mass is 360 g/mol. The van der Waals surface area contributed by atoms with Crippen LogP contribution < -0.4 is 5.32 Å². The minimum atomic E-state index is -0.453. The maximum absolute atomic E-state index is 11.8. The van der Waals surface area contributed by atoms with Crippen molar-refractivity contribution in [2.75, 3.05) is 17.7 Å². The Balaban J connectivity index is 1.65. The van der Waals surface area contributed by atoms with E-state index in [0.717, 1.165) is 18.1 Å². The van der Waals surface area contributed by atoms with Gasteiger partial charge < -0.3 is 10.1 Å². The summed E-state index contributed by atoms with van der Waals surface area (Å²) in [4.78, 5) is 27.4. The second-order valence-electron chi connectivity index (χ2n) is 4.88. The Morgan fingerprint density at radius 1 is 1.45 bits per heavy atom. The van der Waals surface area contributed by atoms with E-state index in [1.807, 2.05) is 21.6 Å². The number of amides is 1. The molecule has 1 fully saturated rings. The van der Waals surface area contributed by atoms with Crippen molar-refractivity contribution in [3.8, 4) is 0 Å². The Hall–Kier alpha value is -0.730. The highest BCUT2D eigenvalue weighted by Crippen LogP contribution is 2.39. The molecule has 1 N–H and O–H groups in total. The number of thiazole rings is 1. The summed E-state index contributed by atoms with van der Waals surface area (Å²) in [5.41, 5.74) is 0.248. The molecule has 0 bridgehead atoms. The first-order valence-corrected chi connectivity index (χ1v) is 10.7. The molecular formula is C14H20N2O3S3. The first kappa shape index (κ1) is 17.6. The third kappa shape index (κ3) is 5.81. The zero-order chi connectivity index (χ0) is 15.8. The lowest BCUT2D eigenvalue weighted by atomic mass is 10.1. The second kappa shape index (κ2) is 9.42. The molecule has 1 aromatic rings. The molecule has 0 radical (unpaired) electrons. The Labute approximate surface area is 142 Å². The molecule has 2 rings (SSSR count). The van der Waals surface area contributed by atoms with Gasteiger partial charge in [-0.25, -0.2) is 9.78 Å². The van der Waals surface area contributed by atoms with E-state index in [1.54, 1.807) is 12.3 Å². The van der Waals surface area contributed by atoms with Crippen molar-refractivity contribution in [2.45, 2.75) is 44.3 Å². The van der Waals surface area contributed by atoms with Gasteiger partial charge in [0.25, 0.3) is 0 Å². The fraction of sp³-hybridized carbons (Fsp3) is 0.643. The third-order valence-electron chi connectivity index (χ3n) is 3.14. The number of ether oxygens (including phenoxy) is 1. The van der Waals surface area contributed by atoms with Crippen LogP contribution in [-0.4, -0.2) is 34.5 Å². The molecule has 8 heteroatoms. The average Bonchev–Trinajstić information content (AvgIpc) is 3.15. The molecule has 0 aromatic carbocycles. The van der Waals surface area contributed by atoms with Crippen LogP contribution in [0.25, 0.3) is 0 Å². The lowest BCUT2D eigenvalue weighted by Gasteiger charge is -2.06. The number of nitrogens with one attached hydrogen (secondary N) is 1. The van der Waals surface area contributed by atoms with E-state index in [2.05, 4.69) is 10.3 Å². The summed E-state index contributed by atoms with van der Waals surface area (Å²) in [6.45, 7) is 2.06. The van der Waals surface area contributed by atoms with Crippen LogP contribution in [0.1, 0.15) is 49.5 Å². The number of nitrogens with zero attached hydrogens (tertiary/aromatic N) is 1. The fourth-order valence-corrected chi connectivity index (χ4v) is 5.76. The smallest absolute Gasteiger partial charge is 0.357 e. The number of aromatic nitrogens is 1. The first-order valence-electron chi connectivity index (χ1n) is 7.39. The summed E-state index contributed by atoms with van der Waals surface area (Å²) in [5, 5.41) is 5.56. The fourth-order valence-electron chi connectivity index (χ4n) is 2.03. The normalized spacial score (nSPS) is 17.4. The van der Waals surface area contributed by atoms with E-state index in [1.165, 1.54) is 29.9 Å². The van der Waals surface area contributed by atoms with Gasteiger partial charge in [0.05, 0.1) is 6.61 Å². The van der Waals surface area contributed by atoms with E-state index in [4.69, 9.17) is 4.74 Å². The number of anilines is 1. The Morgan fingerprint density at radius 3 is 3.05 bits per heavy atom. The predicted octanol–water partition coefficient (Wildman–Crippen LogP) is 3.97. The van der Waals surface area contributed by atoms with Gasteiger partial charge in [0.1, 0.15) is 0 Å². The van der Waals surface area contributed by atoms with Crippen molar-refractivity contribution in [2.24, 2.45) is 0 Å². The number of esters is 1. The number of unbranched alkanes of at least 4 members (excludes halogenated alkanes) is 1. The highest BCUT2D eigenvalue weighted by atomic mass is 33.1. The van der Waals surface area contributed by atoms with Gasteiger partial charge in [0, 0.05) is 22.8 Å². The Bertz CT molecular complexity index is 501. The van der Waals surface area contributed by atoms with Crippen molar-refractivity contribution in [3.63, 3.8) is 0 Å². The molecule has 2 heterocycles. The molecule has 22 heavy (non-hydrogen) atoms. The standard InChI is InChI=1S/C14H20N2O3S3/c1-2-19-13(18)11-9-20-14(15-11)16-12(17)6-4-3-5-10-7-8-21-22-10/h9-10H,2-8H2,1H3,(H,15,16,17)/t10-/m0/s1. The van der Waals surface area contributed by atoms with E-state index in [9.17, 15) is 9.59 Å². The van der Waals surface area contributed by atoms with Crippen LogP contribution in [0.15, 0.2) is 5.38 Å². The van der Waals surface area contributed by atoms with Crippen molar-refractivity contribution >= 4 is 49.9 Å². The first-order chi connectivity index (χ1) is 10.7. The number of hydrogen-bond acceptors (Lipinski definition) is 7. The zero-order valence-corrected chi connectivity index (χ0v) is 15.0. The summed E-state index contributed by atoms with van der Waals surface area (Å²) in [6.07, 6.45) is 4.95. The van der Waals surface area contributed by atoms with Crippen molar-refractivity contribution in [1.29, 1.82) is 0 Å². The van der Waals surface area contributed by atoms with Gasteiger partial charge in [0.2, 0.25) is 5.91 Å². The van der Waals surface area contributed by atoms with Gasteiger partial charge in [-0.15, -0.1) is 11.3 Å². The SMILES string of the molecule is CCOC(=O)c1csc(NC(=O)CCCC[C@H]2CCSS2)n1. The topological polar surface area (TPSA) is 68.3 Å². The Morgan fingerprint density at radius 2 is 2.32 bits per heavy atom. The maximum Gasteiger partial charge on any atom is 0.357 e. The van der Waals surface area contributed by atoms with Crippen LogP contribution in [-0.2, 0) is 9.53 Å². The van der Waals surface area contributed by atoms with E-state index < -0.39 is 5.97 Å². The summed E-state index contributed by atoms with van der Waals surface area (Å²) < 4.78 is 4.86. The zero-order valence-electron chi connectivity index (χ0n) is 12.5.